The summed E-state index contributed by atoms with van der Waals surface area (Å²) >= 11 is 1.41. The quantitative estimate of drug-likeness (QED) is 0.770. The molecular formula is C22H23N3O3S. The number of imide groups is 1. The second kappa shape index (κ2) is 7.06. The summed E-state index contributed by atoms with van der Waals surface area (Å²) in [5.41, 5.74) is 1.18. The number of aromatic nitrogens is 1. The van der Waals surface area contributed by atoms with E-state index in [-0.39, 0.29) is 29.6 Å². The summed E-state index contributed by atoms with van der Waals surface area (Å²) in [5.74, 6) is -0.428. The van der Waals surface area contributed by atoms with E-state index in [0.29, 0.717) is 17.0 Å². The van der Waals surface area contributed by atoms with Crippen molar-refractivity contribution in [3.8, 4) is 0 Å². The number of benzene rings is 1. The summed E-state index contributed by atoms with van der Waals surface area (Å²) < 4.78 is 0. The Morgan fingerprint density at radius 2 is 1.83 bits per heavy atom. The van der Waals surface area contributed by atoms with Crippen LogP contribution in [0.4, 0.5) is 5.13 Å². The topological polar surface area (TPSA) is 79.4 Å². The van der Waals surface area contributed by atoms with E-state index in [0.717, 1.165) is 30.6 Å². The van der Waals surface area contributed by atoms with Crippen LogP contribution in [0.25, 0.3) is 0 Å². The van der Waals surface area contributed by atoms with Gasteiger partial charge >= 0.3 is 0 Å². The average molecular weight is 410 g/mol. The number of anilines is 1. The molecule has 2 bridgehead atoms. The minimum Gasteiger partial charge on any atom is -0.300 e. The van der Waals surface area contributed by atoms with Crippen molar-refractivity contribution in [2.45, 2.75) is 38.6 Å². The van der Waals surface area contributed by atoms with E-state index in [1.165, 1.54) is 21.8 Å². The molecule has 6 nitrogen and oxygen atoms in total. The van der Waals surface area contributed by atoms with Crippen LogP contribution in [0.5, 0.6) is 0 Å². The molecule has 2 aliphatic carbocycles. The van der Waals surface area contributed by atoms with Gasteiger partial charge in [0, 0.05) is 17.5 Å². The van der Waals surface area contributed by atoms with E-state index in [4.69, 9.17) is 0 Å². The second-order valence-electron chi connectivity index (χ2n) is 8.39. The Labute approximate surface area is 173 Å². The normalized spacial score (nSPS) is 28.7. The van der Waals surface area contributed by atoms with Crippen molar-refractivity contribution in [1.29, 1.82) is 0 Å². The van der Waals surface area contributed by atoms with Crippen molar-refractivity contribution in [3.05, 3.63) is 47.0 Å². The first-order chi connectivity index (χ1) is 14.0. The second-order valence-corrected chi connectivity index (χ2v) is 9.51. The molecule has 0 unspecified atom stereocenters. The zero-order valence-electron chi connectivity index (χ0n) is 16.2. The standard InChI is InChI=1S/C22H23N3O3S/c1-12(25-20(27)17-14-7-8-15(10-14)18(17)21(25)28)19(26)24-22-23-11-16(29-22)9-13-5-3-2-4-6-13/h2-6,11-12,14-15,17-18H,7-10H2,1H3,(H,23,24,26)/t12-,14-,15-,17-,18+/m0/s1. The average Bonchev–Trinajstić information content (AvgIpc) is 3.48. The predicted octanol–water partition coefficient (Wildman–Crippen LogP) is 3.09. The molecular weight excluding hydrogens is 386 g/mol. The van der Waals surface area contributed by atoms with Crippen LogP contribution in [0.2, 0.25) is 0 Å². The summed E-state index contributed by atoms with van der Waals surface area (Å²) in [6.07, 6.45) is 5.56. The van der Waals surface area contributed by atoms with Crippen molar-refractivity contribution < 1.29 is 14.4 Å². The van der Waals surface area contributed by atoms with Gasteiger partial charge in [0.05, 0.1) is 11.8 Å². The molecule has 3 amide bonds. The lowest BCUT2D eigenvalue weighted by atomic mass is 9.81. The third-order valence-electron chi connectivity index (χ3n) is 6.73. The monoisotopic (exact) mass is 409 g/mol. The van der Waals surface area contributed by atoms with Crippen LogP contribution in [0, 0.1) is 23.7 Å². The van der Waals surface area contributed by atoms with E-state index in [1.54, 1.807) is 13.1 Å². The molecule has 5 rings (SSSR count). The number of amides is 3. The highest BCUT2D eigenvalue weighted by Gasteiger charge is 2.62. The molecule has 5 atom stereocenters. The lowest BCUT2D eigenvalue weighted by Crippen LogP contribution is -2.46. The lowest BCUT2D eigenvalue weighted by Gasteiger charge is -2.23. The van der Waals surface area contributed by atoms with Gasteiger partial charge in [-0.15, -0.1) is 11.3 Å². The highest BCUT2D eigenvalue weighted by Crippen LogP contribution is 2.56. The summed E-state index contributed by atoms with van der Waals surface area (Å²) in [6.45, 7) is 1.63. The van der Waals surface area contributed by atoms with Crippen molar-refractivity contribution in [2.24, 2.45) is 23.7 Å². The Morgan fingerprint density at radius 1 is 1.17 bits per heavy atom. The van der Waals surface area contributed by atoms with Crippen molar-refractivity contribution >= 4 is 34.2 Å². The minimum absolute atomic E-state index is 0.154. The zero-order valence-corrected chi connectivity index (χ0v) is 17.0. The Hall–Kier alpha value is -2.54. The Balaban J connectivity index is 1.26. The summed E-state index contributed by atoms with van der Waals surface area (Å²) in [7, 11) is 0. The number of likely N-dealkylation sites (tertiary alicyclic amines) is 1. The fourth-order valence-electron chi connectivity index (χ4n) is 5.38. The Bertz CT molecular complexity index is 945. The van der Waals surface area contributed by atoms with Gasteiger partial charge in [0.25, 0.3) is 0 Å². The SMILES string of the molecule is C[C@@H](C(=O)Nc1ncc(Cc2ccccc2)s1)N1C(=O)[C@@H]2[C@H]3CC[C@@H](C3)[C@@H]2C1=O. The molecule has 1 saturated heterocycles. The highest BCUT2D eigenvalue weighted by atomic mass is 32.1. The van der Waals surface area contributed by atoms with Crippen LogP contribution in [0.15, 0.2) is 36.5 Å². The number of rotatable bonds is 5. The maximum Gasteiger partial charge on any atom is 0.249 e. The number of fused-ring (bicyclic) bond motifs is 5. The summed E-state index contributed by atoms with van der Waals surface area (Å²) in [5, 5.41) is 3.28. The number of hydrogen-bond acceptors (Lipinski definition) is 5. The van der Waals surface area contributed by atoms with Crippen molar-refractivity contribution in [3.63, 3.8) is 0 Å². The van der Waals surface area contributed by atoms with Crippen LogP contribution in [0.1, 0.15) is 36.6 Å². The number of nitrogens with zero attached hydrogens (tertiary/aromatic N) is 2. The van der Waals surface area contributed by atoms with E-state index in [1.807, 2.05) is 18.2 Å². The molecule has 0 spiro atoms. The Kier molecular flexibility index (Phi) is 4.50. The van der Waals surface area contributed by atoms with Gasteiger partial charge < -0.3 is 5.32 Å². The molecule has 150 valence electrons. The number of hydrogen-bond donors (Lipinski definition) is 1. The Morgan fingerprint density at radius 3 is 2.48 bits per heavy atom. The first-order valence-electron chi connectivity index (χ1n) is 10.2. The van der Waals surface area contributed by atoms with E-state index in [2.05, 4.69) is 22.4 Å². The van der Waals surface area contributed by atoms with Crippen LogP contribution in [-0.2, 0) is 20.8 Å². The number of thiazole rings is 1. The van der Waals surface area contributed by atoms with Crippen molar-refractivity contribution in [2.75, 3.05) is 5.32 Å². The number of carbonyl (C=O) groups is 3. The first kappa shape index (κ1) is 18.5. The van der Waals surface area contributed by atoms with Gasteiger partial charge in [-0.25, -0.2) is 4.98 Å². The van der Waals surface area contributed by atoms with Gasteiger partial charge in [-0.1, -0.05) is 30.3 Å². The maximum absolute atomic E-state index is 12.9. The van der Waals surface area contributed by atoms with E-state index >= 15 is 0 Å². The highest BCUT2D eigenvalue weighted by molar-refractivity contribution is 7.15. The maximum atomic E-state index is 12.9. The van der Waals surface area contributed by atoms with Gasteiger partial charge in [0.15, 0.2) is 5.13 Å². The largest absolute Gasteiger partial charge is 0.300 e. The molecule has 7 heteroatoms. The molecule has 2 heterocycles. The molecule has 2 saturated carbocycles. The molecule has 1 N–H and O–H groups in total. The minimum atomic E-state index is -0.818. The van der Waals surface area contributed by atoms with Crippen LogP contribution >= 0.6 is 11.3 Å². The van der Waals surface area contributed by atoms with Crippen LogP contribution in [-0.4, -0.2) is 33.6 Å². The predicted molar refractivity (Wildman–Crippen MR) is 109 cm³/mol. The summed E-state index contributed by atoms with van der Waals surface area (Å²) in [4.78, 5) is 45.1. The first-order valence-corrected chi connectivity index (χ1v) is 11.0. The van der Waals surface area contributed by atoms with E-state index in [9.17, 15) is 14.4 Å². The lowest BCUT2D eigenvalue weighted by molar-refractivity contribution is -0.146. The van der Waals surface area contributed by atoms with Gasteiger partial charge in [0.2, 0.25) is 17.7 Å². The molecule has 3 aliphatic rings. The van der Waals surface area contributed by atoms with Crippen LogP contribution in [0.3, 0.4) is 0 Å². The molecule has 1 aromatic carbocycles. The number of nitrogens with one attached hydrogen (secondary N) is 1. The van der Waals surface area contributed by atoms with Crippen LogP contribution < -0.4 is 5.32 Å². The molecule has 2 aromatic rings. The third kappa shape index (κ3) is 3.08. The zero-order chi connectivity index (χ0) is 20.1. The smallest absolute Gasteiger partial charge is 0.249 e. The molecule has 0 radical (unpaired) electrons. The van der Waals surface area contributed by atoms with Gasteiger partial charge in [-0.2, -0.15) is 0 Å². The number of carbonyl (C=O) groups excluding carboxylic acids is 3. The third-order valence-corrected chi connectivity index (χ3v) is 7.65. The van der Waals surface area contributed by atoms with Crippen molar-refractivity contribution in [1.82, 2.24) is 9.88 Å². The molecule has 1 aliphatic heterocycles. The fourth-order valence-corrected chi connectivity index (χ4v) is 6.23. The summed E-state index contributed by atoms with van der Waals surface area (Å²) in [6, 6.07) is 9.24. The van der Waals surface area contributed by atoms with E-state index < -0.39 is 6.04 Å². The van der Waals surface area contributed by atoms with Gasteiger partial charge in [-0.05, 0) is 43.6 Å². The van der Waals surface area contributed by atoms with Gasteiger partial charge in [0.1, 0.15) is 6.04 Å². The fraction of sp³-hybridized carbons (Fsp3) is 0.455. The van der Waals surface area contributed by atoms with Gasteiger partial charge in [-0.3, -0.25) is 19.3 Å². The molecule has 1 aromatic heterocycles. The molecule has 3 fully saturated rings. The molecule has 29 heavy (non-hydrogen) atoms.